The van der Waals surface area contributed by atoms with Crippen LogP contribution in [-0.2, 0) is 4.79 Å². The number of ether oxygens (including phenoxy) is 1. The van der Waals surface area contributed by atoms with E-state index >= 15 is 0 Å². The minimum absolute atomic E-state index is 0.0111. The summed E-state index contributed by atoms with van der Waals surface area (Å²) >= 11 is 0. The zero-order valence-electron chi connectivity index (χ0n) is 15.7. The Morgan fingerprint density at radius 2 is 1.96 bits per heavy atom. The lowest BCUT2D eigenvalue weighted by Gasteiger charge is -2.38. The van der Waals surface area contributed by atoms with Crippen molar-refractivity contribution in [1.29, 1.82) is 0 Å². The van der Waals surface area contributed by atoms with Crippen LogP contribution >= 0.6 is 0 Å². The second kappa shape index (κ2) is 7.81. The van der Waals surface area contributed by atoms with Crippen LogP contribution in [0.25, 0.3) is 0 Å². The summed E-state index contributed by atoms with van der Waals surface area (Å²) in [6.07, 6.45) is 5.08. The normalized spacial score (nSPS) is 23.1. The lowest BCUT2D eigenvalue weighted by atomic mass is 9.84. The molecule has 0 unspecified atom stereocenters. The lowest BCUT2D eigenvalue weighted by molar-refractivity contribution is -0.121. The van der Waals surface area contributed by atoms with E-state index in [1.54, 1.807) is 13.3 Å². The third-order valence-corrected chi connectivity index (χ3v) is 5.31. The highest BCUT2D eigenvalue weighted by Gasteiger charge is 2.32. The molecule has 0 spiro atoms. The van der Waals surface area contributed by atoms with Gasteiger partial charge in [-0.25, -0.2) is 4.79 Å². The van der Waals surface area contributed by atoms with Crippen molar-refractivity contribution >= 4 is 17.6 Å². The molecule has 1 aliphatic carbocycles. The Morgan fingerprint density at radius 1 is 1.23 bits per heavy atom. The molecule has 0 atom stereocenters. The monoisotopic (exact) mass is 357 g/mol. The number of methoxy groups -OCH3 is 1. The standard InChI is InChI=1S/C20H27N3O3/c1-13-11-21-20(25)23(12-13)17-8-5-15(6-9-17)19(24)22-16-7-4-14(2)18(10-16)26-3/h4,7,10-11,15,17H,5-6,8-9,12H2,1-3H3,(H,21,25)(H,22,24). The summed E-state index contributed by atoms with van der Waals surface area (Å²) < 4.78 is 5.31. The van der Waals surface area contributed by atoms with Crippen LogP contribution in [0.1, 0.15) is 38.2 Å². The van der Waals surface area contributed by atoms with Crippen molar-refractivity contribution in [2.75, 3.05) is 19.0 Å². The number of carbonyl (C=O) groups is 2. The fourth-order valence-electron chi connectivity index (χ4n) is 3.74. The molecule has 3 amide bonds. The fourth-order valence-corrected chi connectivity index (χ4v) is 3.74. The van der Waals surface area contributed by atoms with Gasteiger partial charge in [0.1, 0.15) is 5.75 Å². The Balaban J connectivity index is 1.55. The zero-order chi connectivity index (χ0) is 18.7. The van der Waals surface area contributed by atoms with E-state index in [-0.39, 0.29) is 23.9 Å². The Kier molecular flexibility index (Phi) is 5.49. The summed E-state index contributed by atoms with van der Waals surface area (Å²) in [5.74, 6) is 0.808. The SMILES string of the molecule is COc1cc(NC(=O)C2CCC(N3CC(C)=CNC3=O)CC2)ccc1C. The fraction of sp³-hybridized carbons (Fsp3) is 0.500. The first kappa shape index (κ1) is 18.3. The Morgan fingerprint density at radius 3 is 2.65 bits per heavy atom. The third kappa shape index (κ3) is 4.00. The van der Waals surface area contributed by atoms with Gasteiger partial charge >= 0.3 is 6.03 Å². The number of hydrogen-bond acceptors (Lipinski definition) is 3. The maximum atomic E-state index is 12.6. The van der Waals surface area contributed by atoms with Crippen molar-refractivity contribution in [3.8, 4) is 5.75 Å². The van der Waals surface area contributed by atoms with E-state index in [4.69, 9.17) is 4.74 Å². The van der Waals surface area contributed by atoms with Crippen LogP contribution in [0.5, 0.6) is 5.75 Å². The molecule has 1 heterocycles. The molecule has 0 radical (unpaired) electrons. The molecular weight excluding hydrogens is 330 g/mol. The molecular formula is C20H27N3O3. The molecule has 1 aromatic carbocycles. The topological polar surface area (TPSA) is 70.7 Å². The highest BCUT2D eigenvalue weighted by molar-refractivity contribution is 5.92. The van der Waals surface area contributed by atoms with Gasteiger partial charge in [0.05, 0.1) is 7.11 Å². The Bertz CT molecular complexity index is 721. The van der Waals surface area contributed by atoms with Gasteiger partial charge in [-0.1, -0.05) is 6.07 Å². The number of nitrogens with one attached hydrogen (secondary N) is 2. The van der Waals surface area contributed by atoms with E-state index in [1.807, 2.05) is 36.9 Å². The molecule has 2 aliphatic rings. The van der Waals surface area contributed by atoms with Crippen LogP contribution in [0.2, 0.25) is 0 Å². The molecule has 1 aromatic rings. The maximum Gasteiger partial charge on any atom is 0.321 e. The zero-order valence-corrected chi connectivity index (χ0v) is 15.7. The maximum absolute atomic E-state index is 12.6. The summed E-state index contributed by atoms with van der Waals surface area (Å²) in [6, 6.07) is 5.87. The molecule has 0 bridgehead atoms. The number of hydrogen-bond donors (Lipinski definition) is 2. The first-order valence-corrected chi connectivity index (χ1v) is 9.16. The number of nitrogens with zero attached hydrogens (tertiary/aromatic N) is 1. The number of anilines is 1. The number of carbonyl (C=O) groups excluding carboxylic acids is 2. The van der Waals surface area contributed by atoms with Crippen LogP contribution in [0.3, 0.4) is 0 Å². The van der Waals surface area contributed by atoms with Gasteiger partial charge in [-0.2, -0.15) is 0 Å². The van der Waals surface area contributed by atoms with Crippen molar-refractivity contribution in [3.05, 3.63) is 35.5 Å². The van der Waals surface area contributed by atoms with Gasteiger partial charge in [0, 0.05) is 36.5 Å². The summed E-state index contributed by atoms with van der Waals surface area (Å²) in [5, 5.41) is 5.80. The largest absolute Gasteiger partial charge is 0.496 e. The van der Waals surface area contributed by atoms with Crippen LogP contribution in [-0.4, -0.2) is 36.5 Å². The quantitative estimate of drug-likeness (QED) is 0.867. The number of benzene rings is 1. The van der Waals surface area contributed by atoms with Crippen molar-refractivity contribution in [1.82, 2.24) is 10.2 Å². The molecule has 140 valence electrons. The van der Waals surface area contributed by atoms with Crippen LogP contribution in [0.15, 0.2) is 30.0 Å². The van der Waals surface area contributed by atoms with E-state index in [2.05, 4.69) is 10.6 Å². The highest BCUT2D eigenvalue weighted by atomic mass is 16.5. The van der Waals surface area contributed by atoms with Gasteiger partial charge in [-0.15, -0.1) is 0 Å². The van der Waals surface area contributed by atoms with Crippen LogP contribution in [0.4, 0.5) is 10.5 Å². The molecule has 1 fully saturated rings. The molecule has 3 rings (SSSR count). The molecule has 1 aliphatic heterocycles. The minimum Gasteiger partial charge on any atom is -0.496 e. The molecule has 1 saturated carbocycles. The van der Waals surface area contributed by atoms with E-state index in [0.29, 0.717) is 6.54 Å². The second-order valence-corrected chi connectivity index (χ2v) is 7.25. The number of urea groups is 1. The Hall–Kier alpha value is -2.50. The average molecular weight is 357 g/mol. The first-order valence-electron chi connectivity index (χ1n) is 9.16. The number of amides is 3. The summed E-state index contributed by atoms with van der Waals surface area (Å²) in [7, 11) is 1.63. The summed E-state index contributed by atoms with van der Waals surface area (Å²) in [4.78, 5) is 26.6. The predicted octanol–water partition coefficient (Wildman–Crippen LogP) is 3.43. The Labute approximate surface area is 154 Å². The predicted molar refractivity (Wildman–Crippen MR) is 101 cm³/mol. The lowest BCUT2D eigenvalue weighted by Crippen LogP contribution is -2.49. The molecule has 26 heavy (non-hydrogen) atoms. The van der Waals surface area contributed by atoms with Gasteiger partial charge in [0.25, 0.3) is 0 Å². The van der Waals surface area contributed by atoms with Crippen molar-refractivity contribution in [3.63, 3.8) is 0 Å². The third-order valence-electron chi connectivity index (χ3n) is 5.31. The number of aryl methyl sites for hydroxylation is 1. The van der Waals surface area contributed by atoms with Gasteiger partial charge in [0.2, 0.25) is 5.91 Å². The van der Waals surface area contributed by atoms with Crippen LogP contribution in [0, 0.1) is 12.8 Å². The number of rotatable bonds is 4. The van der Waals surface area contributed by atoms with Gasteiger partial charge in [0.15, 0.2) is 0 Å². The molecule has 0 saturated heterocycles. The van der Waals surface area contributed by atoms with Crippen molar-refractivity contribution in [2.24, 2.45) is 5.92 Å². The van der Waals surface area contributed by atoms with E-state index in [0.717, 1.165) is 48.3 Å². The second-order valence-electron chi connectivity index (χ2n) is 7.25. The van der Waals surface area contributed by atoms with Gasteiger partial charge in [-0.05, 0) is 56.7 Å². The molecule has 0 aromatic heterocycles. The van der Waals surface area contributed by atoms with E-state index in [9.17, 15) is 9.59 Å². The molecule has 6 heteroatoms. The van der Waals surface area contributed by atoms with Crippen molar-refractivity contribution in [2.45, 2.75) is 45.6 Å². The van der Waals surface area contributed by atoms with Gasteiger partial charge < -0.3 is 20.3 Å². The first-order chi connectivity index (χ1) is 12.5. The molecule has 6 nitrogen and oxygen atoms in total. The summed E-state index contributed by atoms with van der Waals surface area (Å²) in [5.41, 5.74) is 2.95. The van der Waals surface area contributed by atoms with E-state index in [1.165, 1.54) is 0 Å². The van der Waals surface area contributed by atoms with Crippen molar-refractivity contribution < 1.29 is 14.3 Å². The molecule has 2 N–H and O–H groups in total. The summed E-state index contributed by atoms with van der Waals surface area (Å²) in [6.45, 7) is 4.66. The van der Waals surface area contributed by atoms with Gasteiger partial charge in [-0.3, -0.25) is 4.79 Å². The van der Waals surface area contributed by atoms with Crippen LogP contribution < -0.4 is 15.4 Å². The van der Waals surface area contributed by atoms with E-state index < -0.39 is 0 Å². The highest BCUT2D eigenvalue weighted by Crippen LogP contribution is 2.30. The smallest absolute Gasteiger partial charge is 0.321 e. The minimum atomic E-state index is -0.0322. The average Bonchev–Trinajstić information content (AvgIpc) is 2.65.